The molecular weight excluding hydrogens is 291 g/mol. The average molecular weight is 303 g/mol. The van der Waals surface area contributed by atoms with Crippen LogP contribution in [0.25, 0.3) is 0 Å². The van der Waals surface area contributed by atoms with E-state index in [9.17, 15) is 4.79 Å². The number of hydrogen-bond acceptors (Lipinski definition) is 5. The Labute approximate surface area is 120 Å². The number of nitrogens with zero attached hydrogens (tertiary/aromatic N) is 2. The van der Waals surface area contributed by atoms with Gasteiger partial charge in [-0.25, -0.2) is 0 Å². The molecular formula is C12H12Cl2N2O3. The van der Waals surface area contributed by atoms with Crippen LogP contribution in [0.15, 0.2) is 28.5 Å². The van der Waals surface area contributed by atoms with Crippen LogP contribution in [-0.4, -0.2) is 26.5 Å². The Kier molecular flexibility index (Phi) is 5.32. The monoisotopic (exact) mass is 302 g/mol. The number of carbonyl (C=O) groups excluding carboxylic acids is 1. The predicted molar refractivity (Wildman–Crippen MR) is 74.0 cm³/mol. The van der Waals surface area contributed by atoms with Gasteiger partial charge in [0, 0.05) is 22.6 Å². The highest BCUT2D eigenvalue weighted by Gasteiger charge is 2.15. The molecule has 0 spiro atoms. The number of hydrogen-bond donors (Lipinski definition) is 2. The van der Waals surface area contributed by atoms with E-state index in [0.717, 1.165) is 0 Å². The number of ketones is 1. The van der Waals surface area contributed by atoms with Crippen molar-refractivity contribution in [2.24, 2.45) is 16.2 Å². The zero-order valence-electron chi connectivity index (χ0n) is 10.3. The summed E-state index contributed by atoms with van der Waals surface area (Å²) in [6.07, 6.45) is 0. The van der Waals surface area contributed by atoms with Crippen molar-refractivity contribution in [3.63, 3.8) is 0 Å². The van der Waals surface area contributed by atoms with Gasteiger partial charge in [0.05, 0.1) is 0 Å². The van der Waals surface area contributed by atoms with Crippen LogP contribution in [0.2, 0.25) is 0 Å². The summed E-state index contributed by atoms with van der Waals surface area (Å²) in [5.41, 5.74) is 0.936. The fourth-order valence-electron chi connectivity index (χ4n) is 1.46. The molecule has 0 radical (unpaired) electrons. The Hall–Kier alpha value is -1.59. The van der Waals surface area contributed by atoms with Crippen LogP contribution in [0.4, 0.5) is 0 Å². The van der Waals surface area contributed by atoms with Crippen LogP contribution >= 0.6 is 23.2 Å². The Balaban J connectivity index is 3.45. The van der Waals surface area contributed by atoms with E-state index in [-0.39, 0.29) is 22.0 Å². The summed E-state index contributed by atoms with van der Waals surface area (Å²) >= 11 is 11.4. The van der Waals surface area contributed by atoms with E-state index in [2.05, 4.69) is 10.3 Å². The van der Waals surface area contributed by atoms with Crippen molar-refractivity contribution < 1.29 is 15.2 Å². The summed E-state index contributed by atoms with van der Waals surface area (Å²) in [5, 5.41) is 22.7. The zero-order valence-corrected chi connectivity index (χ0v) is 11.8. The molecule has 0 bridgehead atoms. The lowest BCUT2D eigenvalue weighted by atomic mass is 9.97. The lowest BCUT2D eigenvalue weighted by Gasteiger charge is -2.08. The average Bonchev–Trinajstić information content (AvgIpc) is 2.43. The first-order chi connectivity index (χ1) is 8.90. The summed E-state index contributed by atoms with van der Waals surface area (Å²) in [6, 6.07) is 4.41. The number of halogens is 2. The van der Waals surface area contributed by atoms with Gasteiger partial charge in [-0.1, -0.05) is 47.4 Å². The minimum absolute atomic E-state index is 0.132. The zero-order chi connectivity index (χ0) is 14.6. The first-order valence-corrected chi connectivity index (χ1v) is 6.11. The van der Waals surface area contributed by atoms with Gasteiger partial charge < -0.3 is 10.4 Å². The minimum atomic E-state index is -0.224. The van der Waals surface area contributed by atoms with E-state index in [0.29, 0.717) is 16.7 Å². The van der Waals surface area contributed by atoms with Crippen molar-refractivity contribution in [3.8, 4) is 0 Å². The van der Waals surface area contributed by atoms with Gasteiger partial charge in [0.1, 0.15) is 0 Å². The SMILES string of the molecule is CC(C)C(=O)c1cc(/C(Cl)=N/O)cc(/C(Cl)=N/O)c1. The smallest absolute Gasteiger partial charge is 0.175 e. The molecule has 2 N–H and O–H groups in total. The van der Waals surface area contributed by atoms with Crippen molar-refractivity contribution in [1.29, 1.82) is 0 Å². The molecule has 1 rings (SSSR count). The molecule has 0 atom stereocenters. The van der Waals surface area contributed by atoms with E-state index in [1.807, 2.05) is 0 Å². The number of benzene rings is 1. The lowest BCUT2D eigenvalue weighted by molar-refractivity contribution is 0.0939. The number of Topliss-reactive ketones (excluding diaryl/α,β-unsaturated/α-hetero) is 1. The van der Waals surface area contributed by atoms with Crippen LogP contribution in [0.1, 0.15) is 35.3 Å². The largest absolute Gasteiger partial charge is 0.410 e. The topological polar surface area (TPSA) is 82.2 Å². The van der Waals surface area contributed by atoms with Crippen LogP contribution in [0, 0.1) is 5.92 Å². The van der Waals surface area contributed by atoms with Crippen molar-refractivity contribution in [1.82, 2.24) is 0 Å². The maximum atomic E-state index is 12.0. The molecule has 0 aliphatic carbocycles. The highest BCUT2D eigenvalue weighted by Crippen LogP contribution is 2.18. The molecule has 5 nitrogen and oxygen atoms in total. The fraction of sp³-hybridized carbons (Fsp3) is 0.250. The van der Waals surface area contributed by atoms with Crippen LogP contribution in [-0.2, 0) is 0 Å². The van der Waals surface area contributed by atoms with Gasteiger partial charge in [0.15, 0.2) is 16.1 Å². The number of rotatable bonds is 4. The second-order valence-electron chi connectivity index (χ2n) is 4.10. The van der Waals surface area contributed by atoms with Crippen molar-refractivity contribution in [2.75, 3.05) is 0 Å². The molecule has 19 heavy (non-hydrogen) atoms. The third kappa shape index (κ3) is 3.68. The van der Waals surface area contributed by atoms with Gasteiger partial charge in [-0.15, -0.1) is 0 Å². The number of carbonyl (C=O) groups is 1. The van der Waals surface area contributed by atoms with E-state index in [1.54, 1.807) is 13.8 Å². The van der Waals surface area contributed by atoms with Crippen molar-refractivity contribution in [2.45, 2.75) is 13.8 Å². The summed E-state index contributed by atoms with van der Waals surface area (Å²) in [7, 11) is 0. The minimum Gasteiger partial charge on any atom is -0.410 e. The molecule has 7 heteroatoms. The molecule has 1 aromatic rings. The van der Waals surface area contributed by atoms with Gasteiger partial charge >= 0.3 is 0 Å². The Bertz CT molecular complexity index is 518. The van der Waals surface area contributed by atoms with Gasteiger partial charge in [-0.05, 0) is 18.2 Å². The molecule has 0 aliphatic heterocycles. The Morgan fingerprint density at radius 1 is 1.00 bits per heavy atom. The molecule has 0 unspecified atom stereocenters. The van der Waals surface area contributed by atoms with Gasteiger partial charge in [-0.3, -0.25) is 4.79 Å². The Morgan fingerprint density at radius 3 is 1.68 bits per heavy atom. The molecule has 0 aromatic heterocycles. The molecule has 102 valence electrons. The molecule has 1 aromatic carbocycles. The Morgan fingerprint density at radius 2 is 1.37 bits per heavy atom. The van der Waals surface area contributed by atoms with Crippen LogP contribution in [0.3, 0.4) is 0 Å². The molecule has 0 heterocycles. The molecule has 0 saturated carbocycles. The third-order valence-corrected chi connectivity index (χ3v) is 2.98. The van der Waals surface area contributed by atoms with Crippen LogP contribution in [0.5, 0.6) is 0 Å². The van der Waals surface area contributed by atoms with Gasteiger partial charge in [0.2, 0.25) is 0 Å². The third-order valence-electron chi connectivity index (χ3n) is 2.39. The quantitative estimate of drug-likeness (QED) is 0.387. The second-order valence-corrected chi connectivity index (χ2v) is 4.82. The molecule has 0 fully saturated rings. The first-order valence-electron chi connectivity index (χ1n) is 5.35. The summed E-state index contributed by atoms with van der Waals surface area (Å²) < 4.78 is 0. The lowest BCUT2D eigenvalue weighted by Crippen LogP contribution is -2.10. The highest BCUT2D eigenvalue weighted by atomic mass is 35.5. The molecule has 0 saturated heterocycles. The summed E-state index contributed by atoms with van der Waals surface area (Å²) in [5.74, 6) is -0.356. The van der Waals surface area contributed by atoms with E-state index in [1.165, 1.54) is 18.2 Å². The van der Waals surface area contributed by atoms with E-state index in [4.69, 9.17) is 33.6 Å². The molecule has 0 amide bonds. The van der Waals surface area contributed by atoms with Crippen molar-refractivity contribution >= 4 is 39.3 Å². The summed E-state index contributed by atoms with van der Waals surface area (Å²) in [6.45, 7) is 3.50. The van der Waals surface area contributed by atoms with E-state index >= 15 is 0 Å². The normalized spacial score (nSPS) is 12.9. The van der Waals surface area contributed by atoms with E-state index < -0.39 is 0 Å². The summed E-state index contributed by atoms with van der Waals surface area (Å²) in [4.78, 5) is 12.0. The molecule has 0 aliphatic rings. The second kappa shape index (κ2) is 6.54. The first kappa shape index (κ1) is 15.5. The van der Waals surface area contributed by atoms with Gasteiger partial charge in [-0.2, -0.15) is 0 Å². The predicted octanol–water partition coefficient (Wildman–Crippen LogP) is 3.27. The highest BCUT2D eigenvalue weighted by molar-refractivity contribution is 6.71. The fourth-order valence-corrected chi connectivity index (χ4v) is 1.68. The maximum absolute atomic E-state index is 12.0. The standard InChI is InChI=1S/C12H12Cl2N2O3/c1-6(2)10(17)7-3-8(11(13)15-18)5-9(4-7)12(14)16-19/h3-6,18-19H,1-2H3/b15-11-,16-12-. The van der Waals surface area contributed by atoms with Gasteiger partial charge in [0.25, 0.3) is 0 Å². The van der Waals surface area contributed by atoms with Crippen LogP contribution < -0.4 is 0 Å². The maximum Gasteiger partial charge on any atom is 0.175 e. The number of oxime groups is 2. The van der Waals surface area contributed by atoms with Crippen molar-refractivity contribution in [3.05, 3.63) is 34.9 Å².